The van der Waals surface area contributed by atoms with Crippen molar-refractivity contribution in [1.82, 2.24) is 10.2 Å². The second kappa shape index (κ2) is 8.43. The van der Waals surface area contributed by atoms with Crippen LogP contribution >= 0.6 is 23.2 Å². The number of guanidine groups is 1. The SMILES string of the molecule is CC(NC(N)=NCC(=O)N(C)CC(F)(F)F)c1ccc(Cl)cc1Cl. The number of likely N-dealkylation sites (N-methyl/N-ethyl adjacent to an activating group) is 1. The average Bonchev–Trinajstić information content (AvgIpc) is 2.42. The van der Waals surface area contributed by atoms with Crippen LogP contribution in [0.4, 0.5) is 13.2 Å². The number of nitrogens with two attached hydrogens (primary N) is 1. The van der Waals surface area contributed by atoms with Crippen LogP contribution in [-0.2, 0) is 4.79 Å². The van der Waals surface area contributed by atoms with Crippen molar-refractivity contribution in [3.63, 3.8) is 0 Å². The van der Waals surface area contributed by atoms with Crippen molar-refractivity contribution >= 4 is 35.1 Å². The number of carbonyl (C=O) groups excluding carboxylic acids is 1. The second-order valence-corrected chi connectivity index (χ2v) is 5.94. The quantitative estimate of drug-likeness (QED) is 0.605. The number of halogens is 5. The third-order valence-corrected chi connectivity index (χ3v) is 3.58. The fraction of sp³-hybridized carbons (Fsp3) is 0.429. The third kappa shape index (κ3) is 6.84. The first-order chi connectivity index (χ1) is 11.0. The molecule has 1 rings (SSSR count). The predicted octanol–water partition coefficient (Wildman–Crippen LogP) is 2.98. The van der Waals surface area contributed by atoms with E-state index in [2.05, 4.69) is 10.3 Å². The molecule has 0 aromatic heterocycles. The van der Waals surface area contributed by atoms with Crippen LogP contribution in [0.2, 0.25) is 10.0 Å². The molecule has 1 unspecified atom stereocenters. The Morgan fingerprint density at radius 2 is 2.04 bits per heavy atom. The lowest BCUT2D eigenvalue weighted by atomic mass is 10.1. The van der Waals surface area contributed by atoms with Crippen LogP contribution in [0.5, 0.6) is 0 Å². The molecule has 0 radical (unpaired) electrons. The molecule has 0 bridgehead atoms. The fourth-order valence-corrected chi connectivity index (χ4v) is 2.40. The van der Waals surface area contributed by atoms with Crippen molar-refractivity contribution in [1.29, 1.82) is 0 Å². The van der Waals surface area contributed by atoms with Crippen molar-refractivity contribution in [3.8, 4) is 0 Å². The molecular weight excluding hydrogens is 368 g/mol. The summed E-state index contributed by atoms with van der Waals surface area (Å²) in [7, 11) is 1.05. The molecule has 1 amide bonds. The van der Waals surface area contributed by atoms with E-state index in [1.165, 1.54) is 0 Å². The number of amides is 1. The standard InChI is InChI=1S/C14H17Cl2F3N4O/c1-8(10-4-3-9(15)5-11(10)16)22-13(20)21-6-12(24)23(2)7-14(17,18)19/h3-5,8H,6-7H2,1-2H3,(H3,20,21,22). The van der Waals surface area contributed by atoms with Gasteiger partial charge in [0, 0.05) is 17.1 Å². The van der Waals surface area contributed by atoms with Gasteiger partial charge in [0.15, 0.2) is 5.96 Å². The first-order valence-corrected chi connectivity index (χ1v) is 7.57. The maximum absolute atomic E-state index is 12.2. The zero-order valence-corrected chi connectivity index (χ0v) is 14.5. The zero-order valence-electron chi connectivity index (χ0n) is 13.0. The van der Waals surface area contributed by atoms with Crippen LogP contribution in [0.3, 0.4) is 0 Å². The van der Waals surface area contributed by atoms with Gasteiger partial charge in [-0.2, -0.15) is 13.2 Å². The molecule has 1 aromatic rings. The number of nitrogens with one attached hydrogen (secondary N) is 1. The van der Waals surface area contributed by atoms with Crippen LogP contribution in [0, 0.1) is 0 Å². The molecular formula is C14H17Cl2F3N4O. The Morgan fingerprint density at radius 3 is 2.58 bits per heavy atom. The van der Waals surface area contributed by atoms with E-state index in [0.29, 0.717) is 20.5 Å². The van der Waals surface area contributed by atoms with E-state index in [1.54, 1.807) is 25.1 Å². The highest BCUT2D eigenvalue weighted by Gasteiger charge is 2.31. The molecule has 5 nitrogen and oxygen atoms in total. The molecule has 0 aliphatic rings. The Kier molecular flexibility index (Phi) is 7.16. The van der Waals surface area contributed by atoms with E-state index in [0.717, 1.165) is 7.05 Å². The summed E-state index contributed by atoms with van der Waals surface area (Å²) < 4.78 is 36.6. The highest BCUT2D eigenvalue weighted by molar-refractivity contribution is 6.35. The van der Waals surface area contributed by atoms with Gasteiger partial charge in [-0.15, -0.1) is 0 Å². The van der Waals surface area contributed by atoms with E-state index < -0.39 is 25.2 Å². The summed E-state index contributed by atoms with van der Waals surface area (Å²) in [6.07, 6.45) is -4.46. The van der Waals surface area contributed by atoms with Crippen LogP contribution < -0.4 is 11.1 Å². The summed E-state index contributed by atoms with van der Waals surface area (Å²) in [4.78, 5) is 15.9. The molecule has 0 fully saturated rings. The van der Waals surface area contributed by atoms with Gasteiger partial charge in [-0.3, -0.25) is 4.79 Å². The lowest BCUT2D eigenvalue weighted by Gasteiger charge is -2.19. The molecule has 0 aliphatic heterocycles. The molecule has 0 saturated carbocycles. The first-order valence-electron chi connectivity index (χ1n) is 6.81. The summed E-state index contributed by atoms with van der Waals surface area (Å²) in [5, 5.41) is 3.72. The smallest absolute Gasteiger partial charge is 0.370 e. The van der Waals surface area contributed by atoms with Gasteiger partial charge in [0.05, 0.1) is 6.04 Å². The molecule has 3 N–H and O–H groups in total. The summed E-state index contributed by atoms with van der Waals surface area (Å²) in [6, 6.07) is 4.60. The number of carbonyl (C=O) groups is 1. The minimum atomic E-state index is -4.46. The number of aliphatic imine (C=N–C) groups is 1. The van der Waals surface area contributed by atoms with Crippen LogP contribution in [-0.4, -0.2) is 43.1 Å². The fourth-order valence-electron chi connectivity index (χ4n) is 1.83. The Labute approximate surface area is 147 Å². The van der Waals surface area contributed by atoms with E-state index >= 15 is 0 Å². The molecule has 0 saturated heterocycles. The minimum Gasteiger partial charge on any atom is -0.370 e. The van der Waals surface area contributed by atoms with Crippen molar-refractivity contribution in [2.75, 3.05) is 20.1 Å². The van der Waals surface area contributed by atoms with Crippen LogP contribution in [0.25, 0.3) is 0 Å². The Bertz CT molecular complexity index is 623. The summed E-state index contributed by atoms with van der Waals surface area (Å²) in [5.74, 6) is -0.878. The van der Waals surface area contributed by atoms with Crippen LogP contribution in [0.1, 0.15) is 18.5 Å². The molecule has 10 heteroatoms. The molecule has 134 valence electrons. The molecule has 0 heterocycles. The number of nitrogens with zero attached hydrogens (tertiary/aromatic N) is 2. The highest BCUT2D eigenvalue weighted by Crippen LogP contribution is 2.25. The van der Waals surface area contributed by atoms with E-state index in [1.807, 2.05) is 0 Å². The molecule has 24 heavy (non-hydrogen) atoms. The monoisotopic (exact) mass is 384 g/mol. The van der Waals surface area contributed by atoms with Gasteiger partial charge < -0.3 is 16.0 Å². The molecule has 1 atom stereocenters. The van der Waals surface area contributed by atoms with Crippen molar-refractivity contribution in [2.24, 2.45) is 10.7 Å². The largest absolute Gasteiger partial charge is 0.406 e. The van der Waals surface area contributed by atoms with Gasteiger partial charge in [-0.05, 0) is 24.6 Å². The summed E-state index contributed by atoms with van der Waals surface area (Å²) in [5.41, 5.74) is 6.35. The molecule has 1 aromatic carbocycles. The van der Waals surface area contributed by atoms with E-state index in [4.69, 9.17) is 28.9 Å². The summed E-state index contributed by atoms with van der Waals surface area (Å²) >= 11 is 11.9. The van der Waals surface area contributed by atoms with E-state index in [-0.39, 0.29) is 12.0 Å². The second-order valence-electron chi connectivity index (χ2n) is 5.10. The predicted molar refractivity (Wildman–Crippen MR) is 88.2 cm³/mol. The Balaban J connectivity index is 2.62. The topological polar surface area (TPSA) is 70.7 Å². The Hall–Kier alpha value is -1.67. The zero-order chi connectivity index (χ0) is 18.5. The molecule has 0 spiro atoms. The molecule has 0 aliphatic carbocycles. The third-order valence-electron chi connectivity index (χ3n) is 3.02. The number of alkyl halides is 3. The number of rotatable bonds is 5. The van der Waals surface area contributed by atoms with Gasteiger partial charge in [0.1, 0.15) is 13.1 Å². The normalized spacial score (nSPS) is 13.5. The minimum absolute atomic E-state index is 0.0812. The number of benzene rings is 1. The maximum atomic E-state index is 12.2. The van der Waals surface area contributed by atoms with Crippen molar-refractivity contribution < 1.29 is 18.0 Å². The van der Waals surface area contributed by atoms with Crippen molar-refractivity contribution in [2.45, 2.75) is 19.1 Å². The highest BCUT2D eigenvalue weighted by atomic mass is 35.5. The van der Waals surface area contributed by atoms with Gasteiger partial charge in [0.25, 0.3) is 0 Å². The first kappa shape index (κ1) is 20.4. The summed E-state index contributed by atoms with van der Waals surface area (Å²) in [6.45, 7) is -0.0763. The van der Waals surface area contributed by atoms with Gasteiger partial charge in [0.2, 0.25) is 5.91 Å². The Morgan fingerprint density at radius 1 is 1.42 bits per heavy atom. The maximum Gasteiger partial charge on any atom is 0.406 e. The number of hydrogen-bond donors (Lipinski definition) is 2. The lowest BCUT2D eigenvalue weighted by Crippen LogP contribution is -2.39. The number of hydrogen-bond acceptors (Lipinski definition) is 2. The van der Waals surface area contributed by atoms with Gasteiger partial charge >= 0.3 is 6.18 Å². The van der Waals surface area contributed by atoms with Crippen molar-refractivity contribution in [3.05, 3.63) is 33.8 Å². The van der Waals surface area contributed by atoms with Gasteiger partial charge in [-0.25, -0.2) is 4.99 Å². The van der Waals surface area contributed by atoms with Gasteiger partial charge in [-0.1, -0.05) is 29.3 Å². The lowest BCUT2D eigenvalue weighted by molar-refractivity contribution is -0.157. The van der Waals surface area contributed by atoms with E-state index in [9.17, 15) is 18.0 Å². The van der Waals surface area contributed by atoms with Crippen LogP contribution in [0.15, 0.2) is 23.2 Å². The average molecular weight is 385 g/mol.